The second-order valence-electron chi connectivity index (χ2n) is 7.93. The minimum Gasteiger partial charge on any atom is -0.366 e. The van der Waals surface area contributed by atoms with E-state index in [0.29, 0.717) is 30.2 Å². The Bertz CT molecular complexity index is 920. The lowest BCUT2D eigenvalue weighted by atomic mass is 10.0. The van der Waals surface area contributed by atoms with Crippen LogP contribution in [-0.4, -0.2) is 35.8 Å². The average molecular weight is 446 g/mol. The van der Waals surface area contributed by atoms with Crippen LogP contribution >= 0.6 is 11.6 Å². The van der Waals surface area contributed by atoms with Crippen molar-refractivity contribution < 1.29 is 14.0 Å². The SMILES string of the molecule is CCCN(Cc1ccc(F)cc1)c1ccc(NC(=O)[C@H]2CCCCN2C(C)=O)cc1Cl. The normalized spacial score (nSPS) is 16.1. The molecule has 1 aliphatic heterocycles. The molecule has 31 heavy (non-hydrogen) atoms. The zero-order valence-corrected chi connectivity index (χ0v) is 18.8. The Balaban J connectivity index is 1.73. The van der Waals surface area contributed by atoms with E-state index in [1.807, 2.05) is 12.1 Å². The monoisotopic (exact) mass is 445 g/mol. The third-order valence-corrected chi connectivity index (χ3v) is 5.85. The molecule has 5 nitrogen and oxygen atoms in total. The van der Waals surface area contributed by atoms with Crippen LogP contribution in [0.2, 0.25) is 5.02 Å². The van der Waals surface area contributed by atoms with Gasteiger partial charge in [-0.3, -0.25) is 9.59 Å². The zero-order chi connectivity index (χ0) is 22.4. The van der Waals surface area contributed by atoms with Crippen LogP contribution in [0.15, 0.2) is 42.5 Å². The van der Waals surface area contributed by atoms with E-state index in [1.54, 1.807) is 23.1 Å². The Morgan fingerprint density at radius 2 is 1.94 bits per heavy atom. The van der Waals surface area contributed by atoms with Crippen molar-refractivity contribution in [2.45, 2.75) is 52.1 Å². The first-order valence-corrected chi connectivity index (χ1v) is 11.1. The zero-order valence-electron chi connectivity index (χ0n) is 18.0. The molecule has 0 aliphatic carbocycles. The molecule has 0 spiro atoms. The number of benzene rings is 2. The third-order valence-electron chi connectivity index (χ3n) is 5.55. The van der Waals surface area contributed by atoms with Gasteiger partial charge in [0.05, 0.1) is 10.7 Å². The summed E-state index contributed by atoms with van der Waals surface area (Å²) in [5.74, 6) is -0.523. The van der Waals surface area contributed by atoms with Crippen molar-refractivity contribution in [1.82, 2.24) is 4.90 Å². The molecule has 2 aromatic rings. The molecule has 0 saturated carbocycles. The summed E-state index contributed by atoms with van der Waals surface area (Å²) in [5, 5.41) is 3.44. The highest BCUT2D eigenvalue weighted by Gasteiger charge is 2.30. The molecule has 166 valence electrons. The number of hydrogen-bond acceptors (Lipinski definition) is 3. The largest absolute Gasteiger partial charge is 0.366 e. The van der Waals surface area contributed by atoms with E-state index < -0.39 is 6.04 Å². The van der Waals surface area contributed by atoms with Gasteiger partial charge in [0.2, 0.25) is 11.8 Å². The fourth-order valence-electron chi connectivity index (χ4n) is 4.01. The predicted molar refractivity (Wildman–Crippen MR) is 123 cm³/mol. The lowest BCUT2D eigenvalue weighted by Crippen LogP contribution is -2.49. The lowest BCUT2D eigenvalue weighted by Gasteiger charge is -2.34. The molecule has 2 aromatic carbocycles. The van der Waals surface area contributed by atoms with Crippen LogP contribution in [0.4, 0.5) is 15.8 Å². The van der Waals surface area contributed by atoms with Crippen molar-refractivity contribution in [2.24, 2.45) is 0 Å². The van der Waals surface area contributed by atoms with E-state index in [4.69, 9.17) is 11.6 Å². The highest BCUT2D eigenvalue weighted by atomic mass is 35.5. The van der Waals surface area contributed by atoms with E-state index in [0.717, 1.165) is 37.1 Å². The molecular weight excluding hydrogens is 417 g/mol. The van der Waals surface area contributed by atoms with Crippen LogP contribution < -0.4 is 10.2 Å². The maximum Gasteiger partial charge on any atom is 0.247 e. The number of anilines is 2. The minimum atomic E-state index is -0.445. The lowest BCUT2D eigenvalue weighted by molar-refractivity contribution is -0.138. The molecular formula is C24H29ClFN3O2. The molecule has 7 heteroatoms. The van der Waals surface area contributed by atoms with E-state index in [-0.39, 0.29) is 17.6 Å². The van der Waals surface area contributed by atoms with Gasteiger partial charge >= 0.3 is 0 Å². The van der Waals surface area contributed by atoms with Crippen molar-refractivity contribution in [3.63, 3.8) is 0 Å². The molecule has 1 N–H and O–H groups in total. The van der Waals surface area contributed by atoms with Gasteiger partial charge in [-0.05, 0) is 61.6 Å². The average Bonchev–Trinajstić information content (AvgIpc) is 2.75. The van der Waals surface area contributed by atoms with E-state index in [2.05, 4.69) is 17.1 Å². The fourth-order valence-corrected chi connectivity index (χ4v) is 4.31. The maximum absolute atomic E-state index is 13.2. The predicted octanol–water partition coefficient (Wildman–Crippen LogP) is 5.24. The molecule has 1 atom stereocenters. The van der Waals surface area contributed by atoms with Gasteiger partial charge in [0.25, 0.3) is 0 Å². The molecule has 2 amide bonds. The van der Waals surface area contributed by atoms with Crippen LogP contribution in [0, 0.1) is 5.82 Å². The number of nitrogens with one attached hydrogen (secondary N) is 1. The summed E-state index contributed by atoms with van der Waals surface area (Å²) < 4.78 is 13.2. The van der Waals surface area contributed by atoms with E-state index in [1.165, 1.54) is 19.1 Å². The second-order valence-corrected chi connectivity index (χ2v) is 8.33. The molecule has 0 aromatic heterocycles. The number of amides is 2. The standard InChI is InChI=1S/C24H29ClFN3O2/c1-3-13-28(16-18-7-9-19(26)10-8-18)22-12-11-20(15-21(22)25)27-24(31)23-6-4-5-14-29(23)17(2)30/h7-12,15,23H,3-6,13-14,16H2,1-2H3,(H,27,31)/t23-/m1/s1. The number of likely N-dealkylation sites (tertiary alicyclic amines) is 1. The Hall–Kier alpha value is -2.60. The van der Waals surface area contributed by atoms with Gasteiger partial charge < -0.3 is 15.1 Å². The Labute approximate surface area is 188 Å². The molecule has 0 unspecified atom stereocenters. The smallest absolute Gasteiger partial charge is 0.247 e. The first-order valence-electron chi connectivity index (χ1n) is 10.8. The Morgan fingerprint density at radius 3 is 2.58 bits per heavy atom. The van der Waals surface area contributed by atoms with Gasteiger partial charge in [0.1, 0.15) is 11.9 Å². The molecule has 3 rings (SSSR count). The first-order chi connectivity index (χ1) is 14.9. The van der Waals surface area contributed by atoms with Crippen molar-refractivity contribution in [1.29, 1.82) is 0 Å². The molecule has 1 aliphatic rings. The van der Waals surface area contributed by atoms with Gasteiger partial charge in [-0.2, -0.15) is 0 Å². The van der Waals surface area contributed by atoms with Crippen molar-refractivity contribution >= 4 is 34.8 Å². The van der Waals surface area contributed by atoms with Crippen LogP contribution in [0.5, 0.6) is 0 Å². The number of carbonyl (C=O) groups excluding carboxylic acids is 2. The van der Waals surface area contributed by atoms with Crippen molar-refractivity contribution in [3.05, 3.63) is 58.9 Å². The summed E-state index contributed by atoms with van der Waals surface area (Å²) in [6, 6.07) is 11.5. The number of rotatable bonds is 7. The van der Waals surface area contributed by atoms with Crippen LogP contribution in [0.25, 0.3) is 0 Å². The minimum absolute atomic E-state index is 0.0794. The van der Waals surface area contributed by atoms with Crippen LogP contribution in [-0.2, 0) is 16.1 Å². The first kappa shape index (κ1) is 23.1. The molecule has 1 fully saturated rings. The fraction of sp³-hybridized carbons (Fsp3) is 0.417. The van der Waals surface area contributed by atoms with Gasteiger partial charge in [-0.15, -0.1) is 0 Å². The second kappa shape index (κ2) is 10.6. The molecule has 0 radical (unpaired) electrons. The summed E-state index contributed by atoms with van der Waals surface area (Å²) in [4.78, 5) is 28.4. The summed E-state index contributed by atoms with van der Waals surface area (Å²) >= 11 is 6.58. The topological polar surface area (TPSA) is 52.7 Å². The van der Waals surface area contributed by atoms with Gasteiger partial charge in [-0.1, -0.05) is 30.7 Å². The van der Waals surface area contributed by atoms with E-state index in [9.17, 15) is 14.0 Å². The van der Waals surface area contributed by atoms with Gasteiger partial charge in [0.15, 0.2) is 0 Å². The number of hydrogen-bond donors (Lipinski definition) is 1. The summed E-state index contributed by atoms with van der Waals surface area (Å²) in [6.07, 6.45) is 3.44. The van der Waals surface area contributed by atoms with Crippen molar-refractivity contribution in [3.8, 4) is 0 Å². The number of carbonyl (C=O) groups is 2. The number of nitrogens with zero attached hydrogens (tertiary/aromatic N) is 2. The third kappa shape index (κ3) is 5.97. The summed E-state index contributed by atoms with van der Waals surface area (Å²) in [5.41, 5.74) is 2.45. The van der Waals surface area contributed by atoms with Crippen molar-refractivity contribution in [2.75, 3.05) is 23.3 Å². The quantitative estimate of drug-likeness (QED) is 0.634. The highest BCUT2D eigenvalue weighted by Crippen LogP contribution is 2.31. The molecule has 1 saturated heterocycles. The number of halogens is 2. The van der Waals surface area contributed by atoms with E-state index >= 15 is 0 Å². The maximum atomic E-state index is 13.2. The summed E-state index contributed by atoms with van der Waals surface area (Å²) in [6.45, 7) is 5.60. The van der Waals surface area contributed by atoms with Crippen LogP contribution in [0.1, 0.15) is 45.1 Å². The highest BCUT2D eigenvalue weighted by molar-refractivity contribution is 6.33. The molecule has 0 bridgehead atoms. The van der Waals surface area contributed by atoms with Gasteiger partial charge in [-0.25, -0.2) is 4.39 Å². The van der Waals surface area contributed by atoms with Crippen LogP contribution in [0.3, 0.4) is 0 Å². The Kier molecular flexibility index (Phi) is 7.91. The van der Waals surface area contributed by atoms with Gasteiger partial charge in [0, 0.05) is 32.2 Å². The molecule has 1 heterocycles. The Morgan fingerprint density at radius 1 is 1.19 bits per heavy atom. The number of piperidine rings is 1. The summed E-state index contributed by atoms with van der Waals surface area (Å²) in [7, 11) is 0.